The van der Waals surface area contributed by atoms with Gasteiger partial charge in [0.25, 0.3) is 0 Å². The van der Waals surface area contributed by atoms with Gasteiger partial charge in [0.05, 0.1) is 6.61 Å². The molecule has 0 aromatic heterocycles. The Labute approximate surface area is 115 Å². The minimum atomic E-state index is -0.519. The lowest BCUT2D eigenvalue weighted by molar-refractivity contribution is -0.140. The van der Waals surface area contributed by atoms with E-state index in [2.05, 4.69) is 5.32 Å². The number of nitrogens with two attached hydrogens (primary N) is 1. The Balaban J connectivity index is 1.68. The van der Waals surface area contributed by atoms with Crippen molar-refractivity contribution in [2.75, 3.05) is 19.7 Å². The summed E-state index contributed by atoms with van der Waals surface area (Å²) in [6, 6.07) is 0. The first-order valence-electron chi connectivity index (χ1n) is 7.29. The third-order valence-electron chi connectivity index (χ3n) is 4.12. The second-order valence-corrected chi connectivity index (χ2v) is 6.15. The molecule has 0 aromatic rings. The number of hydrogen-bond donors (Lipinski definition) is 2. The van der Waals surface area contributed by atoms with Gasteiger partial charge in [-0.1, -0.05) is 0 Å². The first-order chi connectivity index (χ1) is 9.00. The summed E-state index contributed by atoms with van der Waals surface area (Å²) in [5, 5.41) is 2.99. The molecule has 2 rings (SSSR count). The molecule has 1 aliphatic carbocycles. The van der Waals surface area contributed by atoms with E-state index in [1.165, 1.54) is 0 Å². The van der Waals surface area contributed by atoms with Crippen molar-refractivity contribution < 1.29 is 14.3 Å². The van der Waals surface area contributed by atoms with E-state index >= 15 is 0 Å². The van der Waals surface area contributed by atoms with Crippen LogP contribution < -0.4 is 11.1 Å². The fourth-order valence-electron chi connectivity index (χ4n) is 2.88. The van der Waals surface area contributed by atoms with Crippen LogP contribution in [-0.2, 0) is 14.3 Å². The van der Waals surface area contributed by atoms with Gasteiger partial charge in [-0.15, -0.1) is 0 Å². The third kappa shape index (κ3) is 4.16. The molecule has 5 heteroatoms. The molecular weight excluding hydrogens is 244 g/mol. The van der Waals surface area contributed by atoms with Crippen LogP contribution in [0.25, 0.3) is 0 Å². The number of carbonyl (C=O) groups excluding carboxylic acids is 1. The fourth-order valence-corrected chi connectivity index (χ4v) is 2.88. The Kier molecular flexibility index (Phi) is 4.81. The minimum absolute atomic E-state index is 0.0284. The zero-order valence-electron chi connectivity index (χ0n) is 12.0. The van der Waals surface area contributed by atoms with Crippen molar-refractivity contribution in [2.45, 2.75) is 51.4 Å². The highest BCUT2D eigenvalue weighted by Gasteiger charge is 2.33. The summed E-state index contributed by atoms with van der Waals surface area (Å²) in [4.78, 5) is 12.1. The lowest BCUT2D eigenvalue weighted by Gasteiger charge is -2.27. The highest BCUT2D eigenvalue weighted by atomic mass is 16.7. The monoisotopic (exact) mass is 270 g/mol. The zero-order chi connectivity index (χ0) is 13.9. The van der Waals surface area contributed by atoms with Crippen molar-refractivity contribution in [3.63, 3.8) is 0 Å². The molecule has 1 atom stereocenters. The Morgan fingerprint density at radius 3 is 2.53 bits per heavy atom. The van der Waals surface area contributed by atoms with Gasteiger partial charge in [0.1, 0.15) is 6.10 Å². The van der Waals surface area contributed by atoms with Gasteiger partial charge in [0, 0.05) is 12.5 Å². The van der Waals surface area contributed by atoms with E-state index in [4.69, 9.17) is 15.2 Å². The maximum absolute atomic E-state index is 12.1. The molecule has 0 aromatic carbocycles. The van der Waals surface area contributed by atoms with E-state index < -0.39 is 5.79 Å². The highest BCUT2D eigenvalue weighted by molar-refractivity contribution is 5.78. The van der Waals surface area contributed by atoms with Gasteiger partial charge in [-0.25, -0.2) is 0 Å². The van der Waals surface area contributed by atoms with Gasteiger partial charge < -0.3 is 20.5 Å². The largest absolute Gasteiger partial charge is 0.353 e. The van der Waals surface area contributed by atoms with Crippen LogP contribution in [0, 0.1) is 11.8 Å². The minimum Gasteiger partial charge on any atom is -0.353 e. The van der Waals surface area contributed by atoms with Crippen LogP contribution in [0.2, 0.25) is 0 Å². The van der Waals surface area contributed by atoms with Crippen LogP contribution in [-0.4, -0.2) is 37.5 Å². The van der Waals surface area contributed by atoms with Crippen molar-refractivity contribution in [3.05, 3.63) is 0 Å². The number of nitrogens with one attached hydrogen (secondary N) is 1. The first-order valence-corrected chi connectivity index (χ1v) is 7.29. The van der Waals surface area contributed by atoms with Crippen LogP contribution in [0.3, 0.4) is 0 Å². The molecule has 0 radical (unpaired) electrons. The van der Waals surface area contributed by atoms with Crippen LogP contribution >= 0.6 is 0 Å². The zero-order valence-corrected chi connectivity index (χ0v) is 12.0. The highest BCUT2D eigenvalue weighted by Crippen LogP contribution is 2.28. The van der Waals surface area contributed by atoms with Crippen molar-refractivity contribution in [3.8, 4) is 0 Å². The van der Waals surface area contributed by atoms with Gasteiger partial charge in [-0.3, -0.25) is 4.79 Å². The summed E-state index contributed by atoms with van der Waals surface area (Å²) in [6.45, 7) is 5.62. The molecule has 3 N–H and O–H groups in total. The Hall–Kier alpha value is -0.650. The second kappa shape index (κ2) is 6.20. The number of rotatable bonds is 4. The summed E-state index contributed by atoms with van der Waals surface area (Å²) in [7, 11) is 0. The molecule has 19 heavy (non-hydrogen) atoms. The standard InChI is InChI=1S/C14H26N2O3/c1-14(2)18-9-12(19-14)8-16-13(17)11-5-3-10(7-15)4-6-11/h10-12H,3-9,15H2,1-2H3,(H,16,17). The van der Waals surface area contributed by atoms with Gasteiger partial charge in [-0.2, -0.15) is 0 Å². The number of hydrogen-bond acceptors (Lipinski definition) is 4. The van der Waals surface area contributed by atoms with Crippen molar-refractivity contribution >= 4 is 5.91 Å². The molecular formula is C14H26N2O3. The van der Waals surface area contributed by atoms with Crippen molar-refractivity contribution in [2.24, 2.45) is 17.6 Å². The molecule has 1 saturated carbocycles. The summed E-state index contributed by atoms with van der Waals surface area (Å²) < 4.78 is 11.1. The summed E-state index contributed by atoms with van der Waals surface area (Å²) in [5.74, 6) is 0.396. The Bertz CT molecular complexity index is 312. The predicted octanol–water partition coefficient (Wildman–Crippen LogP) is 1.02. The predicted molar refractivity (Wildman–Crippen MR) is 72.4 cm³/mol. The smallest absolute Gasteiger partial charge is 0.223 e. The quantitative estimate of drug-likeness (QED) is 0.800. The summed E-state index contributed by atoms with van der Waals surface area (Å²) >= 11 is 0. The van der Waals surface area contributed by atoms with Crippen LogP contribution in [0.5, 0.6) is 0 Å². The molecule has 5 nitrogen and oxygen atoms in total. The van der Waals surface area contributed by atoms with Crippen molar-refractivity contribution in [1.29, 1.82) is 0 Å². The molecule has 1 heterocycles. The second-order valence-electron chi connectivity index (χ2n) is 6.15. The molecule has 0 spiro atoms. The van der Waals surface area contributed by atoms with Crippen LogP contribution in [0.1, 0.15) is 39.5 Å². The molecule has 1 amide bonds. The molecule has 0 bridgehead atoms. The van der Waals surface area contributed by atoms with Gasteiger partial charge in [0.15, 0.2) is 5.79 Å². The number of carbonyl (C=O) groups is 1. The van der Waals surface area contributed by atoms with E-state index in [-0.39, 0.29) is 17.9 Å². The fraction of sp³-hybridized carbons (Fsp3) is 0.929. The number of amides is 1. The van der Waals surface area contributed by atoms with E-state index in [1.807, 2.05) is 13.8 Å². The van der Waals surface area contributed by atoms with Crippen LogP contribution in [0.15, 0.2) is 0 Å². The lowest BCUT2D eigenvalue weighted by atomic mass is 9.81. The van der Waals surface area contributed by atoms with Crippen molar-refractivity contribution in [1.82, 2.24) is 5.32 Å². The first kappa shape index (κ1) is 14.8. The molecule has 110 valence electrons. The molecule has 1 unspecified atom stereocenters. The Morgan fingerprint density at radius 1 is 1.32 bits per heavy atom. The van der Waals surface area contributed by atoms with E-state index in [1.54, 1.807) is 0 Å². The summed E-state index contributed by atoms with van der Waals surface area (Å²) in [6.07, 6.45) is 4.04. The van der Waals surface area contributed by atoms with Gasteiger partial charge >= 0.3 is 0 Å². The Morgan fingerprint density at radius 2 is 2.00 bits per heavy atom. The van der Waals surface area contributed by atoms with E-state index in [9.17, 15) is 4.79 Å². The number of ether oxygens (including phenoxy) is 2. The normalized spacial score (nSPS) is 34.2. The lowest BCUT2D eigenvalue weighted by Crippen LogP contribution is -2.39. The summed E-state index contributed by atoms with van der Waals surface area (Å²) in [5.41, 5.74) is 5.66. The van der Waals surface area contributed by atoms with E-state index in [0.717, 1.165) is 32.2 Å². The maximum Gasteiger partial charge on any atom is 0.223 e. The average molecular weight is 270 g/mol. The maximum atomic E-state index is 12.1. The SMILES string of the molecule is CC1(C)OCC(CNC(=O)C2CCC(CN)CC2)O1. The molecule has 2 fully saturated rings. The van der Waals surface area contributed by atoms with Gasteiger partial charge in [-0.05, 0) is 52.0 Å². The average Bonchev–Trinajstić information content (AvgIpc) is 2.76. The molecule has 1 aliphatic heterocycles. The molecule has 1 saturated heterocycles. The molecule has 2 aliphatic rings. The van der Waals surface area contributed by atoms with Gasteiger partial charge in [0.2, 0.25) is 5.91 Å². The topological polar surface area (TPSA) is 73.6 Å². The third-order valence-corrected chi connectivity index (χ3v) is 4.12. The van der Waals surface area contributed by atoms with Crippen LogP contribution in [0.4, 0.5) is 0 Å². The van der Waals surface area contributed by atoms with E-state index in [0.29, 0.717) is 19.1 Å².